The highest BCUT2D eigenvalue weighted by molar-refractivity contribution is 7.88. The number of carbonyl (C=O) groups is 2. The molecule has 43 heavy (non-hydrogen) atoms. The van der Waals surface area contributed by atoms with Crippen LogP contribution >= 0.6 is 0 Å². The Morgan fingerprint density at radius 2 is 1.60 bits per heavy atom. The molecule has 2 aromatic heterocycles. The second-order valence-corrected chi connectivity index (χ2v) is 12.0. The van der Waals surface area contributed by atoms with Gasteiger partial charge in [-0.25, -0.2) is 22.5 Å². The summed E-state index contributed by atoms with van der Waals surface area (Å²) in [5, 5.41) is 0.680. The van der Waals surface area contributed by atoms with Gasteiger partial charge in [-0.05, 0) is 49.7 Å². The van der Waals surface area contributed by atoms with Crippen molar-refractivity contribution in [1.82, 2.24) is 23.7 Å². The van der Waals surface area contributed by atoms with Crippen molar-refractivity contribution in [2.45, 2.75) is 20.4 Å². The van der Waals surface area contributed by atoms with Gasteiger partial charge in [-0.15, -0.1) is 0 Å². The van der Waals surface area contributed by atoms with E-state index in [9.17, 15) is 22.8 Å². The topological polar surface area (TPSA) is 135 Å². The molecule has 12 nitrogen and oxygen atoms in total. The summed E-state index contributed by atoms with van der Waals surface area (Å²) in [6, 6.07) is 18.1. The molecule has 1 aliphatic rings. The van der Waals surface area contributed by atoms with Crippen LogP contribution in [0.15, 0.2) is 71.5 Å². The Balaban J connectivity index is 1.45. The number of nitrogens with zero attached hydrogens (tertiary/aromatic N) is 6. The second-order valence-electron chi connectivity index (χ2n) is 10.1. The zero-order valence-electron chi connectivity index (χ0n) is 24.1. The molecule has 0 saturated carbocycles. The van der Waals surface area contributed by atoms with Gasteiger partial charge in [-0.1, -0.05) is 30.3 Å². The summed E-state index contributed by atoms with van der Waals surface area (Å²) in [5.74, 6) is -0.241. The van der Waals surface area contributed by atoms with Crippen molar-refractivity contribution in [3.8, 4) is 5.69 Å². The fraction of sp³-hybridized carbons (Fsp3) is 0.300. The first-order chi connectivity index (χ1) is 20.6. The third-order valence-electron chi connectivity index (χ3n) is 7.19. The molecule has 0 N–H and O–H groups in total. The van der Waals surface area contributed by atoms with Crippen LogP contribution in [0, 0.1) is 6.92 Å². The molecular formula is C30H32N6O6S. The Bertz CT molecular complexity index is 1820. The van der Waals surface area contributed by atoms with Gasteiger partial charge in [-0.2, -0.15) is 4.98 Å². The monoisotopic (exact) mass is 604 g/mol. The Morgan fingerprint density at radius 1 is 0.930 bits per heavy atom. The van der Waals surface area contributed by atoms with E-state index < -0.39 is 15.9 Å². The van der Waals surface area contributed by atoms with Crippen molar-refractivity contribution in [3.05, 3.63) is 93.9 Å². The van der Waals surface area contributed by atoms with Crippen LogP contribution in [0.25, 0.3) is 16.7 Å². The van der Waals surface area contributed by atoms with Gasteiger partial charge in [0, 0.05) is 43.2 Å². The van der Waals surface area contributed by atoms with E-state index in [0.717, 1.165) is 10.6 Å². The highest BCUT2D eigenvalue weighted by Crippen LogP contribution is 2.23. The van der Waals surface area contributed by atoms with Crippen LogP contribution in [0.1, 0.15) is 28.5 Å². The number of rotatable bonds is 7. The number of amides is 2. The van der Waals surface area contributed by atoms with E-state index in [1.807, 2.05) is 17.9 Å². The lowest BCUT2D eigenvalue weighted by molar-refractivity contribution is 0.0855. The third-order valence-corrected chi connectivity index (χ3v) is 8.28. The Morgan fingerprint density at radius 3 is 2.23 bits per heavy atom. The maximum atomic E-state index is 13.3. The number of hydrogen-bond donors (Lipinski definition) is 0. The molecule has 2 aromatic carbocycles. The maximum absolute atomic E-state index is 13.3. The number of benzene rings is 2. The Kier molecular flexibility index (Phi) is 8.44. The molecule has 5 rings (SSSR count). The van der Waals surface area contributed by atoms with Crippen LogP contribution in [0.3, 0.4) is 0 Å². The second kappa shape index (κ2) is 12.2. The number of aromatic nitrogens is 3. The van der Waals surface area contributed by atoms with Gasteiger partial charge >= 0.3 is 6.09 Å². The summed E-state index contributed by atoms with van der Waals surface area (Å²) in [4.78, 5) is 51.6. The summed E-state index contributed by atoms with van der Waals surface area (Å²) in [6.45, 7) is 5.70. The summed E-state index contributed by atoms with van der Waals surface area (Å²) >= 11 is 0. The number of pyridine rings is 1. The SMILES string of the molecule is CCOC(=O)N1CCN(c2nc(C)c3ccc(=O)n(-c4ccc(C(=O)N(Cc5ccccc5)S(C)(=O)=O)cc4)c3n2)CC1. The first kappa shape index (κ1) is 29.7. The van der Waals surface area contributed by atoms with Gasteiger partial charge in [0.15, 0.2) is 5.65 Å². The van der Waals surface area contributed by atoms with Gasteiger partial charge in [-0.3, -0.25) is 14.2 Å². The zero-order chi connectivity index (χ0) is 30.7. The fourth-order valence-corrected chi connectivity index (χ4v) is 5.72. The van der Waals surface area contributed by atoms with Crippen molar-refractivity contribution in [2.24, 2.45) is 0 Å². The number of anilines is 1. The summed E-state index contributed by atoms with van der Waals surface area (Å²) in [5.41, 5.74) is 2.03. The van der Waals surface area contributed by atoms with E-state index in [4.69, 9.17) is 9.72 Å². The van der Waals surface area contributed by atoms with Crippen LogP contribution < -0.4 is 10.5 Å². The number of sulfonamides is 1. The molecule has 3 heterocycles. The smallest absolute Gasteiger partial charge is 0.409 e. The van der Waals surface area contributed by atoms with Crippen molar-refractivity contribution in [3.63, 3.8) is 0 Å². The van der Waals surface area contributed by atoms with Crippen molar-refractivity contribution < 1.29 is 22.7 Å². The van der Waals surface area contributed by atoms with Gasteiger partial charge < -0.3 is 14.5 Å². The van der Waals surface area contributed by atoms with E-state index in [1.54, 1.807) is 54.3 Å². The molecule has 0 atom stereocenters. The molecule has 2 amide bonds. The molecule has 224 valence electrons. The standard InChI is InChI=1S/C30H32N6O6S/c1-4-42-30(39)34-18-16-33(17-19-34)29-31-21(2)25-14-15-26(37)36(27(25)32-29)24-12-10-23(11-13-24)28(38)35(43(3,40)41)20-22-8-6-5-7-9-22/h5-15H,4,16-20H2,1-3H3. The van der Waals surface area contributed by atoms with E-state index in [2.05, 4.69) is 4.98 Å². The van der Waals surface area contributed by atoms with Gasteiger partial charge in [0.2, 0.25) is 16.0 Å². The Labute approximate surface area is 249 Å². The minimum atomic E-state index is -3.86. The first-order valence-electron chi connectivity index (χ1n) is 13.8. The van der Waals surface area contributed by atoms with E-state index in [-0.39, 0.29) is 23.8 Å². The van der Waals surface area contributed by atoms with Crippen molar-refractivity contribution in [1.29, 1.82) is 0 Å². The highest BCUT2D eigenvalue weighted by Gasteiger charge is 2.26. The molecule has 1 saturated heterocycles. The molecule has 0 spiro atoms. The van der Waals surface area contributed by atoms with Crippen LogP contribution in [0.2, 0.25) is 0 Å². The summed E-state index contributed by atoms with van der Waals surface area (Å²) < 4.78 is 32.4. The molecule has 0 aliphatic carbocycles. The highest BCUT2D eigenvalue weighted by atomic mass is 32.2. The lowest BCUT2D eigenvalue weighted by Crippen LogP contribution is -2.49. The van der Waals surface area contributed by atoms with E-state index >= 15 is 0 Å². The molecule has 13 heteroatoms. The molecular weight excluding hydrogens is 572 g/mol. The quantitative estimate of drug-likeness (QED) is 0.312. The molecule has 1 aliphatic heterocycles. The van der Waals surface area contributed by atoms with Crippen molar-refractivity contribution >= 4 is 39.0 Å². The van der Waals surface area contributed by atoms with Crippen LogP contribution in [0.4, 0.5) is 10.7 Å². The summed E-state index contributed by atoms with van der Waals surface area (Å²) in [6.07, 6.45) is 0.641. The average molecular weight is 605 g/mol. The number of carbonyl (C=O) groups excluding carboxylic acids is 2. The maximum Gasteiger partial charge on any atom is 0.409 e. The first-order valence-corrected chi connectivity index (χ1v) is 15.6. The predicted octanol–water partition coefficient (Wildman–Crippen LogP) is 2.97. The molecule has 4 aromatic rings. The minimum Gasteiger partial charge on any atom is -0.450 e. The summed E-state index contributed by atoms with van der Waals surface area (Å²) in [7, 11) is -3.86. The zero-order valence-corrected chi connectivity index (χ0v) is 25.0. The lowest BCUT2D eigenvalue weighted by Gasteiger charge is -2.34. The van der Waals surface area contributed by atoms with Gasteiger partial charge in [0.25, 0.3) is 11.5 Å². The lowest BCUT2D eigenvalue weighted by atomic mass is 10.1. The average Bonchev–Trinajstić information content (AvgIpc) is 2.99. The van der Waals surface area contributed by atoms with Gasteiger partial charge in [0.05, 0.1) is 30.8 Å². The molecule has 0 bridgehead atoms. The molecule has 0 unspecified atom stereocenters. The fourth-order valence-electron chi connectivity index (χ4n) is 4.93. The van der Waals surface area contributed by atoms with Crippen molar-refractivity contribution in [2.75, 3.05) is 43.9 Å². The van der Waals surface area contributed by atoms with E-state index in [0.29, 0.717) is 66.7 Å². The van der Waals surface area contributed by atoms with Crippen LogP contribution in [-0.2, 0) is 21.3 Å². The third kappa shape index (κ3) is 6.36. The minimum absolute atomic E-state index is 0.101. The largest absolute Gasteiger partial charge is 0.450 e. The molecule has 0 radical (unpaired) electrons. The number of piperazine rings is 1. The number of ether oxygens (including phenoxy) is 1. The number of aryl methyl sites for hydroxylation is 1. The van der Waals surface area contributed by atoms with E-state index in [1.165, 1.54) is 22.8 Å². The predicted molar refractivity (Wildman–Crippen MR) is 162 cm³/mol. The number of hydrogen-bond acceptors (Lipinski definition) is 9. The van der Waals surface area contributed by atoms with Crippen LogP contribution in [-0.4, -0.2) is 83.2 Å². The molecule has 1 fully saturated rings. The number of fused-ring (bicyclic) bond motifs is 1. The normalized spacial score (nSPS) is 13.7. The Hall–Kier alpha value is -4.78. The van der Waals surface area contributed by atoms with Gasteiger partial charge in [0.1, 0.15) is 0 Å². The van der Waals surface area contributed by atoms with Crippen LogP contribution in [0.5, 0.6) is 0 Å².